The molecule has 1 aliphatic rings. The molecule has 0 unspecified atom stereocenters. The molecule has 1 fully saturated rings. The van der Waals surface area contributed by atoms with Gasteiger partial charge in [-0.15, -0.1) is 0 Å². The van der Waals surface area contributed by atoms with Crippen molar-refractivity contribution in [2.75, 3.05) is 0 Å². The number of benzene rings is 2. The Morgan fingerprint density at radius 3 is 2.19 bits per heavy atom. The van der Waals surface area contributed by atoms with E-state index in [1.54, 1.807) is 12.1 Å². The molecule has 1 aliphatic carbocycles. The van der Waals surface area contributed by atoms with Crippen molar-refractivity contribution >= 4 is 0 Å². The zero-order valence-corrected chi connectivity index (χ0v) is 19.1. The normalized spacial score (nSPS) is 19.3. The molecule has 0 radical (unpaired) electrons. The predicted molar refractivity (Wildman–Crippen MR) is 120 cm³/mol. The van der Waals surface area contributed by atoms with Gasteiger partial charge in [0.1, 0.15) is 11.6 Å². The molecule has 0 amide bonds. The SMILES string of the molecule is CCCc1ccc(CC(F)(F)OCc2ccc(C3CCC(CCC)CC3)cc2F)c(F)c1. The second-order valence-corrected chi connectivity index (χ2v) is 9.14. The van der Waals surface area contributed by atoms with Crippen molar-refractivity contribution < 1.29 is 22.3 Å². The van der Waals surface area contributed by atoms with E-state index in [0.29, 0.717) is 12.3 Å². The number of rotatable bonds is 10. The van der Waals surface area contributed by atoms with Crippen LogP contribution in [0, 0.1) is 17.6 Å². The van der Waals surface area contributed by atoms with E-state index in [1.165, 1.54) is 31.0 Å². The summed E-state index contributed by atoms with van der Waals surface area (Å²) in [7, 11) is 0. The lowest BCUT2D eigenvalue weighted by Crippen LogP contribution is -2.24. The molecular weight excluding hydrogens is 416 g/mol. The van der Waals surface area contributed by atoms with Crippen LogP contribution in [0.5, 0.6) is 0 Å². The predicted octanol–water partition coefficient (Wildman–Crippen LogP) is 8.34. The van der Waals surface area contributed by atoms with Crippen molar-refractivity contribution in [2.45, 2.75) is 90.3 Å². The largest absolute Gasteiger partial charge is 0.360 e. The quantitative estimate of drug-likeness (QED) is 0.331. The smallest absolute Gasteiger partial charge is 0.315 e. The summed E-state index contributed by atoms with van der Waals surface area (Å²) in [6.45, 7) is 3.61. The number of aryl methyl sites for hydroxylation is 1. The van der Waals surface area contributed by atoms with Crippen LogP contribution in [0.1, 0.15) is 87.0 Å². The van der Waals surface area contributed by atoms with Gasteiger partial charge in [0.15, 0.2) is 0 Å². The lowest BCUT2D eigenvalue weighted by molar-refractivity contribution is -0.244. The van der Waals surface area contributed by atoms with Crippen molar-refractivity contribution in [2.24, 2.45) is 5.92 Å². The van der Waals surface area contributed by atoms with Gasteiger partial charge < -0.3 is 4.74 Å². The van der Waals surface area contributed by atoms with Crippen LogP contribution in [0.3, 0.4) is 0 Å². The first-order chi connectivity index (χ1) is 15.3. The minimum atomic E-state index is -3.59. The second kappa shape index (κ2) is 11.3. The summed E-state index contributed by atoms with van der Waals surface area (Å²) in [5.41, 5.74) is 1.69. The molecule has 2 aromatic rings. The summed E-state index contributed by atoms with van der Waals surface area (Å²) in [6.07, 6.45) is 3.92. The Morgan fingerprint density at radius 2 is 1.56 bits per heavy atom. The highest BCUT2D eigenvalue weighted by atomic mass is 19.3. The molecule has 32 heavy (non-hydrogen) atoms. The maximum absolute atomic E-state index is 14.6. The minimum Gasteiger partial charge on any atom is -0.315 e. The minimum absolute atomic E-state index is 0.0897. The fourth-order valence-corrected chi connectivity index (χ4v) is 4.76. The summed E-state index contributed by atoms with van der Waals surface area (Å²) in [5.74, 6) is -0.0937. The molecule has 176 valence electrons. The molecule has 2 aromatic carbocycles. The standard InChI is InChI=1S/C27H34F4O/c1-3-5-19-7-10-21(11-8-19)22-13-14-24(26(29)16-22)18-32-27(30,31)17-23-12-9-20(6-4-2)15-25(23)28/h9,12-16,19,21H,3-8,10-11,17-18H2,1-2H3. The van der Waals surface area contributed by atoms with Crippen LogP contribution in [0.15, 0.2) is 36.4 Å². The fraction of sp³-hybridized carbons (Fsp3) is 0.556. The molecule has 0 heterocycles. The first kappa shape index (κ1) is 24.8. The van der Waals surface area contributed by atoms with Gasteiger partial charge in [-0.3, -0.25) is 0 Å². The molecule has 0 atom stereocenters. The third kappa shape index (κ3) is 6.81. The molecule has 0 N–H and O–H groups in total. The molecule has 0 aliphatic heterocycles. The van der Waals surface area contributed by atoms with E-state index in [2.05, 4.69) is 6.92 Å². The van der Waals surface area contributed by atoms with E-state index >= 15 is 0 Å². The number of hydrogen-bond donors (Lipinski definition) is 0. The van der Waals surface area contributed by atoms with Gasteiger partial charge in [0.05, 0.1) is 13.0 Å². The van der Waals surface area contributed by atoms with Gasteiger partial charge in [0.2, 0.25) is 0 Å². The van der Waals surface area contributed by atoms with Crippen molar-refractivity contribution in [3.05, 3.63) is 70.3 Å². The van der Waals surface area contributed by atoms with E-state index in [4.69, 9.17) is 4.74 Å². The van der Waals surface area contributed by atoms with Crippen molar-refractivity contribution in [1.82, 2.24) is 0 Å². The maximum Gasteiger partial charge on any atom is 0.360 e. The lowest BCUT2D eigenvalue weighted by atomic mass is 9.77. The van der Waals surface area contributed by atoms with Crippen LogP contribution in [0.2, 0.25) is 0 Å². The van der Waals surface area contributed by atoms with Crippen LogP contribution >= 0.6 is 0 Å². The van der Waals surface area contributed by atoms with Crippen LogP contribution in [-0.2, 0) is 24.2 Å². The average molecular weight is 451 g/mol. The van der Waals surface area contributed by atoms with Gasteiger partial charge in [0.25, 0.3) is 0 Å². The number of halogens is 4. The maximum atomic E-state index is 14.6. The average Bonchev–Trinajstić information content (AvgIpc) is 2.76. The van der Waals surface area contributed by atoms with Crippen molar-refractivity contribution in [3.63, 3.8) is 0 Å². The van der Waals surface area contributed by atoms with Crippen LogP contribution < -0.4 is 0 Å². The highest BCUT2D eigenvalue weighted by Gasteiger charge is 2.32. The third-order valence-electron chi connectivity index (χ3n) is 6.58. The Bertz CT molecular complexity index is 872. The first-order valence-corrected chi connectivity index (χ1v) is 11.9. The first-order valence-electron chi connectivity index (χ1n) is 11.9. The van der Waals surface area contributed by atoms with E-state index in [0.717, 1.165) is 49.1 Å². The zero-order valence-electron chi connectivity index (χ0n) is 19.1. The molecule has 1 saturated carbocycles. The molecule has 1 nitrogen and oxygen atoms in total. The summed E-state index contributed by atoms with van der Waals surface area (Å²) in [4.78, 5) is 0. The molecule has 0 aromatic heterocycles. The summed E-state index contributed by atoms with van der Waals surface area (Å²) in [6, 6.07) is 9.17. The van der Waals surface area contributed by atoms with Gasteiger partial charge in [-0.2, -0.15) is 8.78 Å². The van der Waals surface area contributed by atoms with Crippen LogP contribution in [0.25, 0.3) is 0 Å². The number of hydrogen-bond acceptors (Lipinski definition) is 1. The lowest BCUT2D eigenvalue weighted by Gasteiger charge is -2.28. The van der Waals surface area contributed by atoms with Gasteiger partial charge in [-0.05, 0) is 72.8 Å². The van der Waals surface area contributed by atoms with Crippen molar-refractivity contribution in [1.29, 1.82) is 0 Å². The van der Waals surface area contributed by atoms with Crippen LogP contribution in [-0.4, -0.2) is 6.11 Å². The fourth-order valence-electron chi connectivity index (χ4n) is 4.76. The van der Waals surface area contributed by atoms with Gasteiger partial charge in [0, 0.05) is 5.56 Å². The Kier molecular flexibility index (Phi) is 8.75. The zero-order chi connectivity index (χ0) is 23.1. The highest BCUT2D eigenvalue weighted by molar-refractivity contribution is 5.28. The van der Waals surface area contributed by atoms with Gasteiger partial charge >= 0.3 is 6.11 Å². The monoisotopic (exact) mass is 450 g/mol. The second-order valence-electron chi connectivity index (χ2n) is 9.14. The molecule has 0 spiro atoms. The summed E-state index contributed by atoms with van der Waals surface area (Å²) >= 11 is 0. The Labute approximate surface area is 189 Å². The molecule has 3 rings (SSSR count). The topological polar surface area (TPSA) is 9.23 Å². The molecule has 5 heteroatoms. The highest BCUT2D eigenvalue weighted by Crippen LogP contribution is 2.38. The van der Waals surface area contributed by atoms with Crippen molar-refractivity contribution in [3.8, 4) is 0 Å². The summed E-state index contributed by atoms with van der Waals surface area (Å²) < 4.78 is 62.1. The molecule has 0 saturated heterocycles. The van der Waals surface area contributed by atoms with Gasteiger partial charge in [-0.25, -0.2) is 8.78 Å². The van der Waals surface area contributed by atoms with E-state index < -0.39 is 30.8 Å². The number of ether oxygens (including phenoxy) is 1. The van der Waals surface area contributed by atoms with E-state index in [1.807, 2.05) is 13.0 Å². The third-order valence-corrected chi connectivity index (χ3v) is 6.58. The van der Waals surface area contributed by atoms with E-state index in [-0.39, 0.29) is 11.1 Å². The molecular formula is C27H34F4O. The molecule has 0 bridgehead atoms. The Morgan fingerprint density at radius 1 is 0.875 bits per heavy atom. The van der Waals surface area contributed by atoms with Gasteiger partial charge in [-0.1, -0.05) is 57.4 Å². The van der Waals surface area contributed by atoms with Crippen LogP contribution in [0.4, 0.5) is 17.6 Å². The summed E-state index contributed by atoms with van der Waals surface area (Å²) in [5, 5.41) is 0. The number of alkyl halides is 2. The Balaban J connectivity index is 1.57. The Hall–Kier alpha value is -1.88. The van der Waals surface area contributed by atoms with E-state index in [9.17, 15) is 17.6 Å².